The Kier molecular flexibility index (Phi) is 4.28. The number of benzene rings is 2. The summed E-state index contributed by atoms with van der Waals surface area (Å²) in [6.07, 6.45) is 1.68. The summed E-state index contributed by atoms with van der Waals surface area (Å²) in [6.45, 7) is 2.57. The Balaban J connectivity index is 1.61. The molecule has 4 nitrogen and oxygen atoms in total. The van der Waals surface area contributed by atoms with E-state index in [0.717, 1.165) is 35.4 Å². The summed E-state index contributed by atoms with van der Waals surface area (Å²) in [5.41, 5.74) is 3.12. The largest absolute Gasteiger partial charge is 0.491 e. The van der Waals surface area contributed by atoms with E-state index < -0.39 is 0 Å². The summed E-state index contributed by atoms with van der Waals surface area (Å²) in [7, 11) is 0. The maximum atomic E-state index is 12.2. The van der Waals surface area contributed by atoms with Crippen molar-refractivity contribution in [3.8, 4) is 5.75 Å². The molecule has 3 rings (SSSR count). The molecule has 0 fully saturated rings. The van der Waals surface area contributed by atoms with E-state index in [4.69, 9.17) is 4.74 Å². The van der Waals surface area contributed by atoms with E-state index in [1.807, 2.05) is 48.5 Å². The zero-order valence-electron chi connectivity index (χ0n) is 12.6. The van der Waals surface area contributed by atoms with Crippen LogP contribution in [0.25, 0.3) is 0 Å². The number of hydrogen-bond donors (Lipinski definition) is 2. The Bertz CT molecular complexity index is 670. The molecule has 0 aliphatic carbocycles. The number of aryl methyl sites for hydroxylation is 1. The van der Waals surface area contributed by atoms with Crippen LogP contribution in [0.15, 0.2) is 48.5 Å². The zero-order chi connectivity index (χ0) is 15.4. The molecule has 1 aliphatic rings. The first-order chi connectivity index (χ1) is 10.8. The van der Waals surface area contributed by atoms with Crippen molar-refractivity contribution in [1.82, 2.24) is 5.32 Å². The monoisotopic (exact) mass is 296 g/mol. The lowest BCUT2D eigenvalue weighted by Crippen LogP contribution is -2.44. The highest BCUT2D eigenvalue weighted by Crippen LogP contribution is 2.24. The summed E-state index contributed by atoms with van der Waals surface area (Å²) < 4.78 is 5.69. The Morgan fingerprint density at radius 1 is 1.18 bits per heavy atom. The van der Waals surface area contributed by atoms with E-state index in [0.29, 0.717) is 6.61 Å². The van der Waals surface area contributed by atoms with Crippen LogP contribution in [0, 0.1) is 0 Å². The van der Waals surface area contributed by atoms with Gasteiger partial charge in [-0.3, -0.25) is 0 Å². The molecule has 2 N–H and O–H groups in total. The first-order valence-corrected chi connectivity index (χ1v) is 7.62. The molecule has 2 aromatic rings. The molecular weight excluding hydrogens is 276 g/mol. The van der Waals surface area contributed by atoms with Crippen molar-refractivity contribution in [3.05, 3.63) is 59.7 Å². The second-order valence-electron chi connectivity index (χ2n) is 5.43. The number of para-hydroxylation sites is 2. The van der Waals surface area contributed by atoms with E-state index in [2.05, 4.69) is 17.6 Å². The minimum atomic E-state index is -0.186. The lowest BCUT2D eigenvalue weighted by molar-refractivity contribution is 0.222. The lowest BCUT2D eigenvalue weighted by Gasteiger charge is -2.26. The van der Waals surface area contributed by atoms with Crippen molar-refractivity contribution in [2.75, 3.05) is 11.9 Å². The van der Waals surface area contributed by atoms with E-state index >= 15 is 0 Å². The third-order valence-electron chi connectivity index (χ3n) is 3.86. The van der Waals surface area contributed by atoms with Gasteiger partial charge in [-0.05, 0) is 36.1 Å². The van der Waals surface area contributed by atoms with Gasteiger partial charge in [0.2, 0.25) is 0 Å². The van der Waals surface area contributed by atoms with Crippen LogP contribution in [-0.2, 0) is 12.8 Å². The van der Waals surface area contributed by atoms with Gasteiger partial charge in [0, 0.05) is 5.69 Å². The molecule has 0 saturated heterocycles. The van der Waals surface area contributed by atoms with Gasteiger partial charge >= 0.3 is 6.03 Å². The SMILES string of the molecule is CCc1ccccc1NC(=O)NC1COc2ccccc2C1. The van der Waals surface area contributed by atoms with Crippen molar-refractivity contribution < 1.29 is 9.53 Å². The fourth-order valence-corrected chi connectivity index (χ4v) is 2.72. The number of fused-ring (bicyclic) bond motifs is 1. The molecule has 22 heavy (non-hydrogen) atoms. The van der Waals surface area contributed by atoms with Crippen molar-refractivity contribution >= 4 is 11.7 Å². The minimum Gasteiger partial charge on any atom is -0.491 e. The number of carbonyl (C=O) groups is 1. The molecule has 114 valence electrons. The molecule has 0 radical (unpaired) electrons. The quantitative estimate of drug-likeness (QED) is 0.912. The molecule has 1 heterocycles. The molecule has 2 aromatic carbocycles. The van der Waals surface area contributed by atoms with E-state index in [-0.39, 0.29) is 12.1 Å². The summed E-state index contributed by atoms with van der Waals surface area (Å²) in [5.74, 6) is 0.914. The van der Waals surface area contributed by atoms with Crippen LogP contribution >= 0.6 is 0 Å². The van der Waals surface area contributed by atoms with Crippen molar-refractivity contribution in [3.63, 3.8) is 0 Å². The predicted molar refractivity (Wildman–Crippen MR) is 87.4 cm³/mol. The molecule has 2 amide bonds. The third-order valence-corrected chi connectivity index (χ3v) is 3.86. The van der Waals surface area contributed by atoms with Gasteiger partial charge < -0.3 is 15.4 Å². The van der Waals surface area contributed by atoms with Gasteiger partial charge in [-0.15, -0.1) is 0 Å². The minimum absolute atomic E-state index is 0.0105. The molecule has 4 heteroatoms. The van der Waals surface area contributed by atoms with E-state index in [1.165, 1.54) is 0 Å². The van der Waals surface area contributed by atoms with Crippen LogP contribution in [0.1, 0.15) is 18.1 Å². The summed E-state index contributed by atoms with van der Waals surface area (Å²) in [4.78, 5) is 12.2. The van der Waals surface area contributed by atoms with Crippen molar-refractivity contribution in [1.29, 1.82) is 0 Å². The number of rotatable bonds is 3. The lowest BCUT2D eigenvalue weighted by atomic mass is 10.0. The highest BCUT2D eigenvalue weighted by Gasteiger charge is 2.21. The fourth-order valence-electron chi connectivity index (χ4n) is 2.72. The van der Waals surface area contributed by atoms with Gasteiger partial charge in [-0.1, -0.05) is 43.3 Å². The standard InChI is InChI=1S/C18H20N2O2/c1-2-13-7-3-5-9-16(13)20-18(21)19-15-11-14-8-4-6-10-17(14)22-12-15/h3-10,15H,2,11-12H2,1H3,(H2,19,20,21). The van der Waals surface area contributed by atoms with Gasteiger partial charge in [0.15, 0.2) is 0 Å². The summed E-state index contributed by atoms with van der Waals surface area (Å²) in [5, 5.41) is 5.91. The molecule has 1 unspecified atom stereocenters. The Morgan fingerprint density at radius 3 is 2.82 bits per heavy atom. The highest BCUT2D eigenvalue weighted by atomic mass is 16.5. The Morgan fingerprint density at radius 2 is 1.95 bits per heavy atom. The average molecular weight is 296 g/mol. The molecule has 0 bridgehead atoms. The number of nitrogens with one attached hydrogen (secondary N) is 2. The molecular formula is C18H20N2O2. The maximum Gasteiger partial charge on any atom is 0.319 e. The normalized spacial score (nSPS) is 16.3. The first-order valence-electron chi connectivity index (χ1n) is 7.62. The van der Waals surface area contributed by atoms with E-state index in [1.54, 1.807) is 0 Å². The molecule has 0 saturated carbocycles. The van der Waals surface area contributed by atoms with Crippen LogP contribution in [0.3, 0.4) is 0 Å². The fraction of sp³-hybridized carbons (Fsp3) is 0.278. The topological polar surface area (TPSA) is 50.4 Å². The number of ether oxygens (including phenoxy) is 1. The van der Waals surface area contributed by atoms with Crippen LogP contribution in [0.4, 0.5) is 10.5 Å². The van der Waals surface area contributed by atoms with Crippen LogP contribution in [0.5, 0.6) is 5.75 Å². The smallest absolute Gasteiger partial charge is 0.319 e. The van der Waals surface area contributed by atoms with Gasteiger partial charge in [-0.25, -0.2) is 4.79 Å². The Hall–Kier alpha value is -2.49. The summed E-state index contributed by atoms with van der Waals surface area (Å²) in [6, 6.07) is 15.6. The van der Waals surface area contributed by atoms with E-state index in [9.17, 15) is 4.79 Å². The number of amides is 2. The number of anilines is 1. The molecule has 1 atom stereocenters. The third kappa shape index (κ3) is 3.22. The van der Waals surface area contributed by atoms with Crippen LogP contribution in [0.2, 0.25) is 0 Å². The first kappa shape index (κ1) is 14.4. The molecule has 0 aromatic heterocycles. The maximum absolute atomic E-state index is 12.2. The second-order valence-corrected chi connectivity index (χ2v) is 5.43. The molecule has 1 aliphatic heterocycles. The zero-order valence-corrected chi connectivity index (χ0v) is 12.6. The van der Waals surface area contributed by atoms with Crippen LogP contribution in [-0.4, -0.2) is 18.7 Å². The predicted octanol–water partition coefficient (Wildman–Crippen LogP) is 3.37. The number of hydrogen-bond acceptors (Lipinski definition) is 2. The van der Waals surface area contributed by atoms with Gasteiger partial charge in [-0.2, -0.15) is 0 Å². The van der Waals surface area contributed by atoms with Crippen molar-refractivity contribution in [2.45, 2.75) is 25.8 Å². The van der Waals surface area contributed by atoms with Crippen LogP contribution < -0.4 is 15.4 Å². The Labute approximate surface area is 130 Å². The van der Waals surface area contributed by atoms with Gasteiger partial charge in [0.1, 0.15) is 12.4 Å². The number of carbonyl (C=O) groups excluding carboxylic acids is 1. The molecule has 0 spiro atoms. The van der Waals surface area contributed by atoms with Gasteiger partial charge in [0.25, 0.3) is 0 Å². The second kappa shape index (κ2) is 6.52. The number of urea groups is 1. The average Bonchev–Trinajstić information content (AvgIpc) is 2.55. The van der Waals surface area contributed by atoms with Crippen molar-refractivity contribution in [2.24, 2.45) is 0 Å². The highest BCUT2D eigenvalue weighted by molar-refractivity contribution is 5.90. The van der Waals surface area contributed by atoms with Gasteiger partial charge in [0.05, 0.1) is 6.04 Å². The summed E-state index contributed by atoms with van der Waals surface area (Å²) >= 11 is 0.